The van der Waals surface area contributed by atoms with Crippen LogP contribution in [0.2, 0.25) is 0 Å². The lowest BCUT2D eigenvalue weighted by molar-refractivity contribution is 0.477. The molecule has 102 valence electrons. The number of rotatable bonds is 4. The number of hydrogen-bond donors (Lipinski definition) is 0. The van der Waals surface area contributed by atoms with Gasteiger partial charge in [-0.25, -0.2) is 4.98 Å². The topological polar surface area (TPSA) is 45.9 Å². The number of aromatic nitrogens is 1. The number of pyridine rings is 1. The summed E-state index contributed by atoms with van der Waals surface area (Å²) >= 11 is 0. The molecule has 0 radical (unpaired) electrons. The molecule has 0 amide bonds. The van der Waals surface area contributed by atoms with Crippen LogP contribution in [0.4, 0.5) is 0 Å². The van der Waals surface area contributed by atoms with Crippen molar-refractivity contribution in [3.8, 4) is 17.6 Å². The molecular formula is C17H18N2O. The highest BCUT2D eigenvalue weighted by Crippen LogP contribution is 2.29. The Morgan fingerprint density at radius 3 is 2.45 bits per heavy atom. The van der Waals surface area contributed by atoms with Crippen LogP contribution in [0.25, 0.3) is 0 Å². The van der Waals surface area contributed by atoms with Crippen LogP contribution in [-0.2, 0) is 5.41 Å². The van der Waals surface area contributed by atoms with E-state index in [-0.39, 0.29) is 5.41 Å². The van der Waals surface area contributed by atoms with Crippen LogP contribution in [0.3, 0.4) is 0 Å². The first-order valence-electron chi connectivity index (χ1n) is 6.70. The largest absolute Gasteiger partial charge is 0.457 e. The van der Waals surface area contributed by atoms with Crippen molar-refractivity contribution in [1.82, 2.24) is 4.98 Å². The van der Waals surface area contributed by atoms with E-state index in [1.807, 2.05) is 18.2 Å². The Bertz CT molecular complexity index is 624. The van der Waals surface area contributed by atoms with Crippen molar-refractivity contribution in [3.05, 3.63) is 53.9 Å². The summed E-state index contributed by atoms with van der Waals surface area (Å²) in [5, 5.41) is 8.81. The van der Waals surface area contributed by atoms with E-state index in [2.05, 4.69) is 37.9 Å². The van der Waals surface area contributed by atoms with Crippen LogP contribution in [0.15, 0.2) is 42.6 Å². The minimum Gasteiger partial charge on any atom is -0.457 e. The van der Waals surface area contributed by atoms with Crippen LogP contribution in [0.5, 0.6) is 11.5 Å². The number of nitrogens with zero attached hydrogens (tertiary/aromatic N) is 2. The predicted molar refractivity (Wildman–Crippen MR) is 78.8 cm³/mol. The minimum absolute atomic E-state index is 0.170. The van der Waals surface area contributed by atoms with Gasteiger partial charge in [0.2, 0.25) is 0 Å². The van der Waals surface area contributed by atoms with Gasteiger partial charge in [-0.15, -0.1) is 0 Å². The fourth-order valence-corrected chi connectivity index (χ4v) is 1.85. The lowest BCUT2D eigenvalue weighted by atomic mass is 9.82. The van der Waals surface area contributed by atoms with Gasteiger partial charge in [0.1, 0.15) is 23.3 Å². The first kappa shape index (κ1) is 14.1. The summed E-state index contributed by atoms with van der Waals surface area (Å²) in [6, 6.07) is 13.5. The summed E-state index contributed by atoms with van der Waals surface area (Å²) in [5.41, 5.74) is 1.81. The number of nitriles is 1. The first-order valence-corrected chi connectivity index (χ1v) is 6.70. The SMILES string of the molecule is CCC(C)(C)c1ccc(Oc2ccnc(C#N)c2)cc1. The van der Waals surface area contributed by atoms with E-state index in [4.69, 9.17) is 10.00 Å². The molecule has 1 aromatic heterocycles. The second kappa shape index (κ2) is 5.75. The van der Waals surface area contributed by atoms with Crippen LogP contribution in [-0.4, -0.2) is 4.98 Å². The third-order valence-electron chi connectivity index (χ3n) is 3.60. The molecule has 0 unspecified atom stereocenters. The summed E-state index contributed by atoms with van der Waals surface area (Å²) in [5.74, 6) is 1.38. The zero-order valence-corrected chi connectivity index (χ0v) is 12.1. The average molecular weight is 266 g/mol. The van der Waals surface area contributed by atoms with Crippen LogP contribution in [0.1, 0.15) is 38.4 Å². The normalized spacial score (nSPS) is 10.9. The van der Waals surface area contributed by atoms with Gasteiger partial charge in [-0.2, -0.15) is 5.26 Å². The fraction of sp³-hybridized carbons (Fsp3) is 0.294. The monoisotopic (exact) mass is 266 g/mol. The quantitative estimate of drug-likeness (QED) is 0.822. The lowest BCUT2D eigenvalue weighted by Gasteiger charge is -2.23. The van der Waals surface area contributed by atoms with Gasteiger partial charge >= 0.3 is 0 Å². The highest BCUT2D eigenvalue weighted by atomic mass is 16.5. The van der Waals surface area contributed by atoms with Gasteiger partial charge in [0, 0.05) is 12.3 Å². The van der Waals surface area contributed by atoms with E-state index >= 15 is 0 Å². The maximum absolute atomic E-state index is 8.81. The Balaban J connectivity index is 2.17. The number of benzene rings is 1. The molecular weight excluding hydrogens is 248 g/mol. The van der Waals surface area contributed by atoms with Gasteiger partial charge in [0.15, 0.2) is 0 Å². The zero-order chi connectivity index (χ0) is 14.6. The van der Waals surface area contributed by atoms with Crippen molar-refractivity contribution in [1.29, 1.82) is 5.26 Å². The summed E-state index contributed by atoms with van der Waals surface area (Å²) in [6.07, 6.45) is 2.66. The van der Waals surface area contributed by atoms with Crippen LogP contribution >= 0.6 is 0 Å². The first-order chi connectivity index (χ1) is 9.55. The smallest absolute Gasteiger partial charge is 0.144 e. The molecule has 0 spiro atoms. The van der Waals surface area contributed by atoms with Gasteiger partial charge in [0.05, 0.1) is 0 Å². The summed E-state index contributed by atoms with van der Waals surface area (Å²) in [4.78, 5) is 3.92. The molecule has 0 aliphatic rings. The molecule has 0 aliphatic heterocycles. The Hall–Kier alpha value is -2.34. The Labute approximate surface area is 119 Å². The van der Waals surface area contributed by atoms with E-state index in [0.717, 1.165) is 12.2 Å². The van der Waals surface area contributed by atoms with E-state index in [9.17, 15) is 0 Å². The molecule has 3 nitrogen and oxygen atoms in total. The summed E-state index contributed by atoms with van der Waals surface area (Å²) in [6.45, 7) is 6.64. The van der Waals surface area contributed by atoms with E-state index in [1.165, 1.54) is 5.56 Å². The Morgan fingerprint density at radius 2 is 1.85 bits per heavy atom. The molecule has 0 aliphatic carbocycles. The van der Waals surface area contributed by atoms with E-state index in [0.29, 0.717) is 11.4 Å². The van der Waals surface area contributed by atoms with Crippen LogP contribution in [0, 0.1) is 11.3 Å². The Morgan fingerprint density at radius 1 is 1.15 bits per heavy atom. The van der Waals surface area contributed by atoms with E-state index < -0.39 is 0 Å². The van der Waals surface area contributed by atoms with Crippen LogP contribution < -0.4 is 4.74 Å². The van der Waals surface area contributed by atoms with Crippen molar-refractivity contribution in [3.63, 3.8) is 0 Å². The molecule has 3 heteroatoms. The number of hydrogen-bond acceptors (Lipinski definition) is 3. The molecule has 2 rings (SSSR count). The van der Waals surface area contributed by atoms with Crippen molar-refractivity contribution in [2.45, 2.75) is 32.6 Å². The molecule has 1 aromatic carbocycles. The molecule has 0 N–H and O–H groups in total. The molecule has 0 saturated carbocycles. The van der Waals surface area contributed by atoms with Gasteiger partial charge in [-0.1, -0.05) is 32.9 Å². The second-order valence-electron chi connectivity index (χ2n) is 5.35. The van der Waals surface area contributed by atoms with E-state index in [1.54, 1.807) is 18.3 Å². The van der Waals surface area contributed by atoms with Gasteiger partial charge in [-0.05, 0) is 35.6 Å². The van der Waals surface area contributed by atoms with Crippen molar-refractivity contribution in [2.75, 3.05) is 0 Å². The molecule has 1 heterocycles. The van der Waals surface area contributed by atoms with Crippen molar-refractivity contribution < 1.29 is 4.74 Å². The van der Waals surface area contributed by atoms with Gasteiger partial charge in [0.25, 0.3) is 0 Å². The molecule has 0 bridgehead atoms. The average Bonchev–Trinajstić information content (AvgIpc) is 2.48. The minimum atomic E-state index is 0.170. The molecule has 2 aromatic rings. The van der Waals surface area contributed by atoms with Crippen molar-refractivity contribution >= 4 is 0 Å². The predicted octanol–water partition coefficient (Wildman–Crippen LogP) is 4.43. The zero-order valence-electron chi connectivity index (χ0n) is 12.1. The highest BCUT2D eigenvalue weighted by Gasteiger charge is 2.17. The molecule has 0 atom stereocenters. The molecule has 0 fully saturated rings. The number of ether oxygens (including phenoxy) is 1. The lowest BCUT2D eigenvalue weighted by Crippen LogP contribution is -2.14. The maximum atomic E-state index is 8.81. The van der Waals surface area contributed by atoms with Crippen molar-refractivity contribution in [2.24, 2.45) is 0 Å². The third-order valence-corrected chi connectivity index (χ3v) is 3.60. The van der Waals surface area contributed by atoms with Gasteiger partial charge in [-0.3, -0.25) is 0 Å². The molecule has 0 saturated heterocycles. The molecule has 20 heavy (non-hydrogen) atoms. The third kappa shape index (κ3) is 3.16. The summed E-state index contributed by atoms with van der Waals surface area (Å²) < 4.78 is 5.73. The maximum Gasteiger partial charge on any atom is 0.144 e. The standard InChI is InChI=1S/C17H18N2O/c1-4-17(2,3)13-5-7-15(8-6-13)20-16-9-10-19-14(11-16)12-18/h5-11H,4H2,1-3H3. The summed E-state index contributed by atoms with van der Waals surface area (Å²) in [7, 11) is 0. The van der Waals surface area contributed by atoms with Gasteiger partial charge < -0.3 is 4.74 Å². The second-order valence-corrected chi connectivity index (χ2v) is 5.35. The fourth-order valence-electron chi connectivity index (χ4n) is 1.85. The Kier molecular flexibility index (Phi) is 4.05. The highest BCUT2D eigenvalue weighted by molar-refractivity contribution is 5.37.